The molecule has 0 radical (unpaired) electrons. The van der Waals surface area contributed by atoms with Gasteiger partial charge in [-0.25, -0.2) is 0 Å². The fourth-order valence-corrected chi connectivity index (χ4v) is 1.82. The van der Waals surface area contributed by atoms with Gasteiger partial charge in [-0.2, -0.15) is 5.26 Å². The topological polar surface area (TPSA) is 78.9 Å². The van der Waals surface area contributed by atoms with Crippen LogP contribution in [0.4, 0.5) is 5.69 Å². The zero-order valence-electron chi connectivity index (χ0n) is 11.2. The van der Waals surface area contributed by atoms with Crippen molar-refractivity contribution in [1.82, 2.24) is 5.32 Å². The first kappa shape index (κ1) is 13.6. The summed E-state index contributed by atoms with van der Waals surface area (Å²) < 4.78 is 0. The van der Waals surface area contributed by atoms with Gasteiger partial charge in [0.2, 0.25) is 0 Å². The van der Waals surface area contributed by atoms with E-state index < -0.39 is 0 Å². The molecule has 0 spiro atoms. The van der Waals surface area contributed by atoms with E-state index in [0.29, 0.717) is 23.4 Å². The Morgan fingerprint density at radius 2 is 2.10 bits per heavy atom. The summed E-state index contributed by atoms with van der Waals surface area (Å²) in [6, 6.07) is 14.4. The quantitative estimate of drug-likeness (QED) is 0.836. The Kier molecular flexibility index (Phi) is 4.02. The van der Waals surface area contributed by atoms with Gasteiger partial charge in [-0.15, -0.1) is 0 Å². The highest BCUT2D eigenvalue weighted by Crippen LogP contribution is 2.13. The predicted octanol–water partition coefficient (Wildman–Crippen LogP) is 2.38. The third-order valence-corrected chi connectivity index (χ3v) is 3.05. The van der Waals surface area contributed by atoms with Crippen LogP contribution in [0.25, 0.3) is 0 Å². The number of rotatable bonds is 3. The van der Waals surface area contributed by atoms with Crippen molar-refractivity contribution in [2.75, 3.05) is 5.73 Å². The van der Waals surface area contributed by atoms with E-state index in [9.17, 15) is 4.79 Å². The Bertz CT molecular complexity index is 686. The highest BCUT2D eigenvalue weighted by molar-refractivity contribution is 5.95. The summed E-state index contributed by atoms with van der Waals surface area (Å²) in [5, 5.41) is 11.6. The van der Waals surface area contributed by atoms with E-state index in [1.807, 2.05) is 19.1 Å². The molecule has 0 heterocycles. The molecular weight excluding hydrogens is 250 g/mol. The van der Waals surface area contributed by atoms with Crippen molar-refractivity contribution in [3.05, 3.63) is 64.7 Å². The van der Waals surface area contributed by atoms with Gasteiger partial charge in [0.05, 0.1) is 11.6 Å². The minimum Gasteiger partial charge on any atom is -0.398 e. The number of nitrogens with zero attached hydrogens (tertiary/aromatic N) is 1. The first-order valence-corrected chi connectivity index (χ1v) is 6.23. The van der Waals surface area contributed by atoms with Crippen molar-refractivity contribution >= 4 is 11.6 Å². The highest BCUT2D eigenvalue weighted by Gasteiger charge is 2.06. The lowest BCUT2D eigenvalue weighted by Gasteiger charge is -2.07. The van der Waals surface area contributed by atoms with E-state index in [4.69, 9.17) is 11.0 Å². The number of amides is 1. The maximum absolute atomic E-state index is 12.0. The molecule has 4 heteroatoms. The van der Waals surface area contributed by atoms with E-state index >= 15 is 0 Å². The van der Waals surface area contributed by atoms with Crippen molar-refractivity contribution in [3.8, 4) is 6.07 Å². The number of nitrogens with one attached hydrogen (secondary N) is 1. The van der Waals surface area contributed by atoms with Crippen LogP contribution in [-0.4, -0.2) is 5.91 Å². The zero-order valence-corrected chi connectivity index (χ0v) is 11.2. The summed E-state index contributed by atoms with van der Waals surface area (Å²) in [7, 11) is 0. The molecule has 0 aromatic heterocycles. The van der Waals surface area contributed by atoms with Gasteiger partial charge in [0.25, 0.3) is 5.91 Å². The fourth-order valence-electron chi connectivity index (χ4n) is 1.82. The average molecular weight is 265 g/mol. The zero-order chi connectivity index (χ0) is 14.5. The third-order valence-electron chi connectivity index (χ3n) is 3.05. The van der Waals surface area contributed by atoms with Crippen LogP contribution in [0.2, 0.25) is 0 Å². The SMILES string of the molecule is Cc1ccc(C(=O)NCc2cccc(C#N)c2)cc1N. The molecule has 1 amide bonds. The molecule has 4 nitrogen and oxygen atoms in total. The summed E-state index contributed by atoms with van der Waals surface area (Å²) in [6.45, 7) is 2.27. The molecule has 0 aliphatic rings. The molecular formula is C16H15N3O. The molecule has 2 aromatic carbocycles. The maximum Gasteiger partial charge on any atom is 0.251 e. The smallest absolute Gasteiger partial charge is 0.251 e. The van der Waals surface area contributed by atoms with E-state index in [1.54, 1.807) is 30.3 Å². The Morgan fingerprint density at radius 3 is 2.80 bits per heavy atom. The van der Waals surface area contributed by atoms with Gasteiger partial charge in [-0.3, -0.25) is 4.79 Å². The van der Waals surface area contributed by atoms with Gasteiger partial charge in [-0.05, 0) is 42.3 Å². The Labute approximate surface area is 117 Å². The summed E-state index contributed by atoms with van der Waals surface area (Å²) in [4.78, 5) is 12.0. The molecule has 20 heavy (non-hydrogen) atoms. The van der Waals surface area contributed by atoms with Crippen molar-refractivity contribution in [1.29, 1.82) is 5.26 Å². The molecule has 0 saturated heterocycles. The predicted molar refractivity (Wildman–Crippen MR) is 77.9 cm³/mol. The summed E-state index contributed by atoms with van der Waals surface area (Å²) in [6.07, 6.45) is 0. The first-order chi connectivity index (χ1) is 9.60. The Hall–Kier alpha value is -2.80. The summed E-state index contributed by atoms with van der Waals surface area (Å²) >= 11 is 0. The minimum absolute atomic E-state index is 0.181. The summed E-state index contributed by atoms with van der Waals surface area (Å²) in [5.41, 5.74) is 9.33. The largest absolute Gasteiger partial charge is 0.398 e. The standard InChI is InChI=1S/C16H15N3O/c1-11-5-6-14(8-15(11)18)16(20)19-10-13-4-2-3-12(7-13)9-17/h2-8H,10,18H2,1H3,(H,19,20). The second-order valence-corrected chi connectivity index (χ2v) is 4.57. The van der Waals surface area contributed by atoms with E-state index in [0.717, 1.165) is 11.1 Å². The van der Waals surface area contributed by atoms with E-state index in [2.05, 4.69) is 11.4 Å². The highest BCUT2D eigenvalue weighted by atomic mass is 16.1. The minimum atomic E-state index is -0.181. The molecule has 3 N–H and O–H groups in total. The molecule has 0 aliphatic heterocycles. The monoisotopic (exact) mass is 265 g/mol. The van der Waals surface area contributed by atoms with Crippen LogP contribution in [0.15, 0.2) is 42.5 Å². The number of nitrogens with two attached hydrogens (primary N) is 1. The molecule has 0 aliphatic carbocycles. The number of carbonyl (C=O) groups excluding carboxylic acids is 1. The molecule has 100 valence electrons. The van der Waals surface area contributed by atoms with Crippen LogP contribution in [0, 0.1) is 18.3 Å². The molecule has 0 unspecified atom stereocenters. The number of hydrogen-bond donors (Lipinski definition) is 2. The lowest BCUT2D eigenvalue weighted by molar-refractivity contribution is 0.0951. The van der Waals surface area contributed by atoms with Crippen LogP contribution >= 0.6 is 0 Å². The van der Waals surface area contributed by atoms with Crippen LogP contribution in [0.5, 0.6) is 0 Å². The van der Waals surface area contributed by atoms with Gasteiger partial charge >= 0.3 is 0 Å². The van der Waals surface area contributed by atoms with Crippen molar-refractivity contribution in [3.63, 3.8) is 0 Å². The van der Waals surface area contributed by atoms with Crippen LogP contribution < -0.4 is 11.1 Å². The number of benzene rings is 2. The number of nitrogen functional groups attached to an aromatic ring is 1. The molecule has 2 rings (SSSR count). The van der Waals surface area contributed by atoms with Crippen LogP contribution in [0.3, 0.4) is 0 Å². The van der Waals surface area contributed by atoms with E-state index in [1.165, 1.54) is 0 Å². The maximum atomic E-state index is 12.0. The Morgan fingerprint density at radius 1 is 1.30 bits per heavy atom. The molecule has 0 saturated carbocycles. The second kappa shape index (κ2) is 5.89. The van der Waals surface area contributed by atoms with Crippen LogP contribution in [0.1, 0.15) is 27.0 Å². The van der Waals surface area contributed by atoms with E-state index in [-0.39, 0.29) is 5.91 Å². The number of carbonyl (C=O) groups is 1. The second-order valence-electron chi connectivity index (χ2n) is 4.57. The Balaban J connectivity index is 2.05. The van der Waals surface area contributed by atoms with Crippen LogP contribution in [-0.2, 0) is 6.54 Å². The number of anilines is 1. The first-order valence-electron chi connectivity index (χ1n) is 6.23. The molecule has 2 aromatic rings. The average Bonchev–Trinajstić information content (AvgIpc) is 2.47. The van der Waals surface area contributed by atoms with Crippen molar-refractivity contribution in [2.24, 2.45) is 0 Å². The number of aryl methyl sites for hydroxylation is 1. The van der Waals surface area contributed by atoms with Gasteiger partial charge in [0.15, 0.2) is 0 Å². The third kappa shape index (κ3) is 3.15. The van der Waals surface area contributed by atoms with Gasteiger partial charge in [-0.1, -0.05) is 18.2 Å². The molecule has 0 fully saturated rings. The van der Waals surface area contributed by atoms with Crippen molar-refractivity contribution < 1.29 is 4.79 Å². The normalized spacial score (nSPS) is 9.80. The van der Waals surface area contributed by atoms with Gasteiger partial charge < -0.3 is 11.1 Å². The number of hydrogen-bond acceptors (Lipinski definition) is 3. The lowest BCUT2D eigenvalue weighted by atomic mass is 10.1. The van der Waals surface area contributed by atoms with Crippen molar-refractivity contribution in [2.45, 2.75) is 13.5 Å². The van der Waals surface area contributed by atoms with Gasteiger partial charge in [0.1, 0.15) is 0 Å². The van der Waals surface area contributed by atoms with Gasteiger partial charge in [0, 0.05) is 17.8 Å². The summed E-state index contributed by atoms with van der Waals surface area (Å²) in [5.74, 6) is -0.181. The fraction of sp³-hybridized carbons (Fsp3) is 0.125. The molecule has 0 bridgehead atoms. The number of nitriles is 1. The molecule has 0 atom stereocenters. The lowest BCUT2D eigenvalue weighted by Crippen LogP contribution is -2.23.